The summed E-state index contributed by atoms with van der Waals surface area (Å²) in [6, 6.07) is 4.37. The Kier molecular flexibility index (Phi) is 4.57. The Bertz CT molecular complexity index is 620. The molecule has 1 saturated heterocycles. The first-order chi connectivity index (χ1) is 10.6. The lowest BCUT2D eigenvalue weighted by atomic mass is 9.96. The third-order valence-corrected chi connectivity index (χ3v) is 5.08. The predicted molar refractivity (Wildman–Crippen MR) is 87.0 cm³/mol. The van der Waals surface area contributed by atoms with Gasteiger partial charge >= 0.3 is 0 Å². The van der Waals surface area contributed by atoms with E-state index in [4.69, 9.17) is 0 Å². The molecule has 6 heteroatoms. The fraction of sp³-hybridized carbons (Fsp3) is 0.562. The highest BCUT2D eigenvalue weighted by Crippen LogP contribution is 2.27. The van der Waals surface area contributed by atoms with Crippen LogP contribution in [-0.4, -0.2) is 38.7 Å². The fourth-order valence-electron chi connectivity index (χ4n) is 3.03. The fourth-order valence-corrected chi connectivity index (χ4v) is 3.73. The van der Waals surface area contributed by atoms with Crippen molar-refractivity contribution in [2.45, 2.75) is 45.1 Å². The second-order valence-corrected chi connectivity index (χ2v) is 7.16. The van der Waals surface area contributed by atoms with Gasteiger partial charge in [-0.15, -0.1) is 21.5 Å². The number of thiophene rings is 1. The van der Waals surface area contributed by atoms with Gasteiger partial charge < -0.3 is 9.47 Å². The molecular formula is C16H22N4OS. The number of carbonyl (C=O) groups excluding carboxylic acids is 1. The maximum Gasteiger partial charge on any atom is 0.227 e. The van der Waals surface area contributed by atoms with Crippen LogP contribution < -0.4 is 0 Å². The Morgan fingerprint density at radius 3 is 3.09 bits per heavy atom. The number of likely N-dealkylation sites (tertiary alicyclic amines) is 1. The van der Waals surface area contributed by atoms with Gasteiger partial charge in [-0.05, 0) is 38.1 Å². The first-order valence-electron chi connectivity index (χ1n) is 7.84. The van der Waals surface area contributed by atoms with Gasteiger partial charge in [0.2, 0.25) is 5.91 Å². The minimum atomic E-state index is 0.225. The van der Waals surface area contributed by atoms with E-state index in [0.717, 1.165) is 36.6 Å². The summed E-state index contributed by atoms with van der Waals surface area (Å²) in [6.45, 7) is 5.89. The number of amides is 1. The molecule has 5 nitrogen and oxygen atoms in total. The molecule has 1 aliphatic rings. The van der Waals surface area contributed by atoms with Crippen molar-refractivity contribution < 1.29 is 4.79 Å². The molecular weight excluding hydrogens is 296 g/mol. The summed E-state index contributed by atoms with van der Waals surface area (Å²) >= 11 is 1.65. The molecule has 1 atom stereocenters. The Balaban J connectivity index is 1.68. The third kappa shape index (κ3) is 3.21. The van der Waals surface area contributed by atoms with Crippen molar-refractivity contribution in [2.24, 2.45) is 0 Å². The number of rotatable bonds is 4. The lowest BCUT2D eigenvalue weighted by molar-refractivity contribution is -0.131. The molecule has 1 unspecified atom stereocenters. The van der Waals surface area contributed by atoms with Gasteiger partial charge in [0.25, 0.3) is 0 Å². The van der Waals surface area contributed by atoms with E-state index in [-0.39, 0.29) is 5.91 Å². The van der Waals surface area contributed by atoms with Crippen LogP contribution in [0.25, 0.3) is 0 Å². The molecule has 0 N–H and O–H groups in total. The standard InChI is InChI=1S/C16H22N4OS/c1-12(2)20-11-17-18-16(20)13-5-3-7-19(10-13)15(21)9-14-6-4-8-22-14/h4,6,8,11-13H,3,5,7,9-10H2,1-2H3. The van der Waals surface area contributed by atoms with Gasteiger partial charge in [-0.3, -0.25) is 4.79 Å². The maximum atomic E-state index is 12.5. The van der Waals surface area contributed by atoms with E-state index in [1.54, 1.807) is 17.7 Å². The zero-order valence-electron chi connectivity index (χ0n) is 13.1. The molecule has 1 amide bonds. The predicted octanol–water partition coefficient (Wildman–Crippen LogP) is 2.87. The Morgan fingerprint density at radius 2 is 2.36 bits per heavy atom. The summed E-state index contributed by atoms with van der Waals surface area (Å²) in [5.41, 5.74) is 0. The molecule has 0 saturated carbocycles. The number of carbonyl (C=O) groups is 1. The molecule has 1 aliphatic heterocycles. The van der Waals surface area contributed by atoms with Gasteiger partial charge in [0.1, 0.15) is 12.2 Å². The average molecular weight is 318 g/mol. The highest BCUT2D eigenvalue weighted by atomic mass is 32.1. The summed E-state index contributed by atoms with van der Waals surface area (Å²) in [5.74, 6) is 1.54. The smallest absolute Gasteiger partial charge is 0.227 e. The molecule has 0 aromatic carbocycles. The van der Waals surface area contributed by atoms with E-state index >= 15 is 0 Å². The summed E-state index contributed by atoms with van der Waals surface area (Å²) < 4.78 is 2.12. The highest BCUT2D eigenvalue weighted by Gasteiger charge is 2.28. The third-order valence-electron chi connectivity index (χ3n) is 4.20. The summed E-state index contributed by atoms with van der Waals surface area (Å²) in [7, 11) is 0. The molecule has 0 bridgehead atoms. The molecule has 0 radical (unpaired) electrons. The van der Waals surface area contributed by atoms with E-state index in [2.05, 4.69) is 28.6 Å². The molecule has 3 heterocycles. The quantitative estimate of drug-likeness (QED) is 0.871. The molecule has 0 spiro atoms. The molecule has 2 aromatic rings. The number of piperidine rings is 1. The summed E-state index contributed by atoms with van der Waals surface area (Å²) in [5, 5.41) is 10.4. The van der Waals surface area contributed by atoms with Crippen molar-refractivity contribution in [1.82, 2.24) is 19.7 Å². The van der Waals surface area contributed by atoms with Gasteiger partial charge in [0.15, 0.2) is 0 Å². The van der Waals surface area contributed by atoms with Crippen molar-refractivity contribution >= 4 is 17.2 Å². The first kappa shape index (κ1) is 15.2. The maximum absolute atomic E-state index is 12.5. The van der Waals surface area contributed by atoms with Crippen molar-refractivity contribution in [3.63, 3.8) is 0 Å². The van der Waals surface area contributed by atoms with Crippen molar-refractivity contribution in [2.75, 3.05) is 13.1 Å². The van der Waals surface area contributed by atoms with Crippen LogP contribution >= 0.6 is 11.3 Å². The zero-order valence-corrected chi connectivity index (χ0v) is 13.9. The van der Waals surface area contributed by atoms with Crippen LogP contribution in [-0.2, 0) is 11.2 Å². The molecule has 0 aliphatic carbocycles. The van der Waals surface area contributed by atoms with Crippen LogP contribution in [0.2, 0.25) is 0 Å². The first-order valence-corrected chi connectivity index (χ1v) is 8.72. The van der Waals surface area contributed by atoms with Crippen molar-refractivity contribution in [1.29, 1.82) is 0 Å². The monoisotopic (exact) mass is 318 g/mol. The molecule has 22 heavy (non-hydrogen) atoms. The van der Waals surface area contributed by atoms with E-state index in [9.17, 15) is 4.79 Å². The van der Waals surface area contributed by atoms with E-state index < -0.39 is 0 Å². The Morgan fingerprint density at radius 1 is 1.50 bits per heavy atom. The second kappa shape index (κ2) is 6.60. The van der Waals surface area contributed by atoms with Crippen LogP contribution in [0.15, 0.2) is 23.8 Å². The molecule has 3 rings (SSSR count). The number of hydrogen-bond donors (Lipinski definition) is 0. The van der Waals surface area contributed by atoms with Crippen LogP contribution in [0.4, 0.5) is 0 Å². The Labute approximate surface area is 135 Å². The molecule has 118 valence electrons. The minimum absolute atomic E-state index is 0.225. The van der Waals surface area contributed by atoms with Gasteiger partial charge in [0.05, 0.1) is 6.42 Å². The normalized spacial score (nSPS) is 18.9. The topological polar surface area (TPSA) is 51.0 Å². The van der Waals surface area contributed by atoms with Crippen LogP contribution in [0.3, 0.4) is 0 Å². The van der Waals surface area contributed by atoms with Gasteiger partial charge in [-0.25, -0.2) is 0 Å². The molecule has 1 fully saturated rings. The zero-order chi connectivity index (χ0) is 15.5. The molecule has 2 aromatic heterocycles. The van der Waals surface area contributed by atoms with Gasteiger partial charge in [-0.2, -0.15) is 0 Å². The van der Waals surface area contributed by atoms with E-state index in [1.807, 2.05) is 22.4 Å². The van der Waals surface area contributed by atoms with Crippen LogP contribution in [0.1, 0.15) is 49.4 Å². The Hall–Kier alpha value is -1.69. The van der Waals surface area contributed by atoms with E-state index in [1.165, 1.54) is 0 Å². The summed E-state index contributed by atoms with van der Waals surface area (Å²) in [6.07, 6.45) is 4.42. The van der Waals surface area contributed by atoms with Crippen molar-refractivity contribution in [3.05, 3.63) is 34.5 Å². The summed E-state index contributed by atoms with van der Waals surface area (Å²) in [4.78, 5) is 15.6. The lowest BCUT2D eigenvalue weighted by Crippen LogP contribution is -2.40. The number of nitrogens with zero attached hydrogens (tertiary/aromatic N) is 4. The average Bonchev–Trinajstić information content (AvgIpc) is 3.18. The minimum Gasteiger partial charge on any atom is -0.342 e. The number of aromatic nitrogens is 3. The van der Waals surface area contributed by atoms with E-state index in [0.29, 0.717) is 18.4 Å². The van der Waals surface area contributed by atoms with Gasteiger partial charge in [0, 0.05) is 29.9 Å². The van der Waals surface area contributed by atoms with Crippen molar-refractivity contribution in [3.8, 4) is 0 Å². The number of hydrogen-bond acceptors (Lipinski definition) is 4. The second-order valence-electron chi connectivity index (χ2n) is 6.13. The van der Waals surface area contributed by atoms with Crippen LogP contribution in [0.5, 0.6) is 0 Å². The SMILES string of the molecule is CC(C)n1cnnc1C1CCCN(C(=O)Cc2cccs2)C1. The highest BCUT2D eigenvalue weighted by molar-refractivity contribution is 7.10. The van der Waals surface area contributed by atoms with Crippen LogP contribution in [0, 0.1) is 0 Å². The lowest BCUT2D eigenvalue weighted by Gasteiger charge is -2.32. The largest absolute Gasteiger partial charge is 0.342 e. The van der Waals surface area contributed by atoms with Gasteiger partial charge in [-0.1, -0.05) is 6.07 Å².